The lowest BCUT2D eigenvalue weighted by Crippen LogP contribution is -2.43. The molecule has 0 aromatic rings. The standard InChI is InChI=1S/C43H80NO10P/c1-3-5-7-9-11-13-15-17-18-19-20-21-22-23-25-27-29-31-33-35-42(47)52-36-39(45)37-53-55(50,51)54-38-40(43(48)49)44-41(46)34-32-30-28-26-24-16-14-12-10-8-6-4-2/h11,13,17-18,39-40,45H,3-10,12,14-16,19-38H2,1-2H3,(H,44,46)(H,48,49)(H,50,51)/b13-11-,18-17-. The number of aliphatic hydroxyl groups is 1. The second-order valence-electron chi connectivity index (χ2n) is 14.9. The Morgan fingerprint density at radius 3 is 1.51 bits per heavy atom. The summed E-state index contributed by atoms with van der Waals surface area (Å²) < 4.78 is 26.8. The monoisotopic (exact) mass is 802 g/mol. The molecule has 0 bridgehead atoms. The number of amides is 1. The first kappa shape index (κ1) is 53.0. The molecule has 0 spiro atoms. The third kappa shape index (κ3) is 38.6. The van der Waals surface area contributed by atoms with E-state index < -0.39 is 57.6 Å². The lowest BCUT2D eigenvalue weighted by Gasteiger charge is -2.18. The first-order valence-electron chi connectivity index (χ1n) is 21.9. The first-order valence-corrected chi connectivity index (χ1v) is 23.4. The van der Waals surface area contributed by atoms with Gasteiger partial charge in [-0.15, -0.1) is 0 Å². The zero-order chi connectivity index (χ0) is 40.7. The van der Waals surface area contributed by atoms with Gasteiger partial charge in [0.05, 0.1) is 13.2 Å². The van der Waals surface area contributed by atoms with Gasteiger partial charge in [0, 0.05) is 12.8 Å². The van der Waals surface area contributed by atoms with E-state index in [1.165, 1.54) is 109 Å². The summed E-state index contributed by atoms with van der Waals surface area (Å²) in [6.45, 7) is 2.56. The van der Waals surface area contributed by atoms with Gasteiger partial charge in [-0.3, -0.25) is 18.6 Å². The normalized spacial score (nSPS) is 14.0. The highest BCUT2D eigenvalue weighted by Crippen LogP contribution is 2.43. The van der Waals surface area contributed by atoms with Crippen LogP contribution in [0.2, 0.25) is 0 Å². The van der Waals surface area contributed by atoms with E-state index >= 15 is 0 Å². The molecule has 0 saturated carbocycles. The molecule has 0 aliphatic rings. The predicted octanol–water partition coefficient (Wildman–Crippen LogP) is 11.1. The number of nitrogens with one attached hydrogen (secondary N) is 1. The van der Waals surface area contributed by atoms with Crippen LogP contribution in [-0.4, -0.2) is 64.9 Å². The number of carbonyl (C=O) groups is 3. The van der Waals surface area contributed by atoms with Gasteiger partial charge in [0.1, 0.15) is 12.7 Å². The van der Waals surface area contributed by atoms with Crippen molar-refractivity contribution in [3.63, 3.8) is 0 Å². The number of carboxylic acid groups (broad SMARTS) is 1. The molecule has 0 rings (SSSR count). The van der Waals surface area contributed by atoms with Crippen LogP contribution in [0.4, 0.5) is 0 Å². The topological polar surface area (TPSA) is 169 Å². The van der Waals surface area contributed by atoms with Crippen LogP contribution < -0.4 is 5.32 Å². The molecule has 11 nitrogen and oxygen atoms in total. The number of phosphoric acid groups is 1. The zero-order valence-electron chi connectivity index (χ0n) is 34.7. The fourth-order valence-electron chi connectivity index (χ4n) is 6.05. The number of carbonyl (C=O) groups excluding carboxylic acids is 2. The van der Waals surface area contributed by atoms with E-state index in [9.17, 15) is 34.1 Å². The van der Waals surface area contributed by atoms with E-state index in [4.69, 9.17) is 13.8 Å². The molecule has 0 aliphatic heterocycles. The number of phosphoric ester groups is 1. The van der Waals surface area contributed by atoms with Gasteiger partial charge < -0.3 is 25.2 Å². The molecular formula is C43H80NO10P. The molecule has 55 heavy (non-hydrogen) atoms. The van der Waals surface area contributed by atoms with Gasteiger partial charge in [0.15, 0.2) is 6.04 Å². The van der Waals surface area contributed by atoms with Gasteiger partial charge in [0.25, 0.3) is 0 Å². The minimum Gasteiger partial charge on any atom is -0.480 e. The summed E-state index contributed by atoms with van der Waals surface area (Å²) >= 11 is 0. The minimum atomic E-state index is -4.75. The predicted molar refractivity (Wildman–Crippen MR) is 222 cm³/mol. The van der Waals surface area contributed by atoms with Gasteiger partial charge in [0.2, 0.25) is 5.91 Å². The molecule has 1 amide bonds. The zero-order valence-corrected chi connectivity index (χ0v) is 35.6. The summed E-state index contributed by atoms with van der Waals surface area (Å²) in [5, 5.41) is 21.8. The molecule has 0 radical (unpaired) electrons. The van der Waals surface area contributed by atoms with Crippen molar-refractivity contribution in [1.82, 2.24) is 5.32 Å². The van der Waals surface area contributed by atoms with Crippen LogP contribution in [0.25, 0.3) is 0 Å². The molecule has 0 fully saturated rings. The largest absolute Gasteiger partial charge is 0.480 e. The summed E-state index contributed by atoms with van der Waals surface area (Å²) in [4.78, 5) is 45.8. The number of rotatable bonds is 41. The molecule has 0 saturated heterocycles. The summed E-state index contributed by atoms with van der Waals surface area (Å²) in [6, 6.07) is -1.54. The Morgan fingerprint density at radius 2 is 1.00 bits per heavy atom. The lowest BCUT2D eigenvalue weighted by molar-refractivity contribution is -0.147. The Morgan fingerprint density at radius 1 is 0.582 bits per heavy atom. The minimum absolute atomic E-state index is 0.149. The van der Waals surface area contributed by atoms with Crippen molar-refractivity contribution in [2.45, 2.75) is 212 Å². The van der Waals surface area contributed by atoms with Crippen LogP contribution in [0, 0.1) is 0 Å². The van der Waals surface area contributed by atoms with Crippen LogP contribution >= 0.6 is 7.82 Å². The van der Waals surface area contributed by atoms with Gasteiger partial charge in [-0.1, -0.05) is 167 Å². The fraction of sp³-hybridized carbons (Fsp3) is 0.837. The smallest absolute Gasteiger partial charge is 0.472 e. The van der Waals surface area contributed by atoms with Gasteiger partial charge >= 0.3 is 19.8 Å². The third-order valence-electron chi connectivity index (χ3n) is 9.49. The molecule has 3 unspecified atom stereocenters. The van der Waals surface area contributed by atoms with Crippen molar-refractivity contribution < 1.29 is 47.8 Å². The summed E-state index contributed by atoms with van der Waals surface area (Å²) in [5.74, 6) is -2.37. The van der Waals surface area contributed by atoms with E-state index in [-0.39, 0.29) is 12.8 Å². The van der Waals surface area contributed by atoms with Crippen LogP contribution in [0.1, 0.15) is 200 Å². The van der Waals surface area contributed by atoms with E-state index in [2.05, 4.69) is 43.5 Å². The maximum absolute atomic E-state index is 12.3. The number of aliphatic carboxylic acids is 1. The van der Waals surface area contributed by atoms with Crippen LogP contribution in [0.3, 0.4) is 0 Å². The number of allylic oxidation sites excluding steroid dienone is 4. The molecular weight excluding hydrogens is 721 g/mol. The molecule has 0 aromatic heterocycles. The van der Waals surface area contributed by atoms with Crippen molar-refractivity contribution in [2.75, 3.05) is 19.8 Å². The molecule has 4 N–H and O–H groups in total. The highest BCUT2D eigenvalue weighted by molar-refractivity contribution is 7.47. The molecule has 0 aliphatic carbocycles. The highest BCUT2D eigenvalue weighted by atomic mass is 31.2. The average Bonchev–Trinajstić information content (AvgIpc) is 3.16. The maximum atomic E-state index is 12.3. The summed E-state index contributed by atoms with van der Waals surface area (Å²) in [6.07, 6.45) is 39.1. The molecule has 322 valence electrons. The molecule has 0 aromatic carbocycles. The van der Waals surface area contributed by atoms with Crippen LogP contribution in [-0.2, 0) is 32.7 Å². The number of unbranched alkanes of at least 4 members (excludes halogenated alkanes) is 23. The Kier molecular flexibility index (Phi) is 37.4. The molecule has 3 atom stereocenters. The first-order chi connectivity index (χ1) is 26.6. The second kappa shape index (κ2) is 38.8. The quantitative estimate of drug-likeness (QED) is 0.0202. The number of esters is 1. The van der Waals surface area contributed by atoms with Gasteiger partial charge in [-0.05, 0) is 44.9 Å². The number of aliphatic hydroxyl groups excluding tert-OH is 1. The van der Waals surface area contributed by atoms with Crippen molar-refractivity contribution in [3.05, 3.63) is 24.3 Å². The number of hydrogen-bond donors (Lipinski definition) is 4. The lowest BCUT2D eigenvalue weighted by atomic mass is 10.0. The van der Waals surface area contributed by atoms with E-state index in [1.807, 2.05) is 0 Å². The second-order valence-corrected chi connectivity index (χ2v) is 16.3. The average molecular weight is 802 g/mol. The van der Waals surface area contributed by atoms with E-state index in [1.54, 1.807) is 0 Å². The Labute approximate surface area is 334 Å². The van der Waals surface area contributed by atoms with Crippen LogP contribution in [0.5, 0.6) is 0 Å². The van der Waals surface area contributed by atoms with Crippen LogP contribution in [0.15, 0.2) is 24.3 Å². The molecule has 0 heterocycles. The SMILES string of the molecule is CCCCC/C=C\C/C=C\CCCCCCCCCCCC(=O)OCC(O)COP(=O)(O)OCC(NC(=O)CCCCCCCCCCCCCC)C(=O)O. The van der Waals surface area contributed by atoms with Gasteiger partial charge in [-0.25, -0.2) is 9.36 Å². The highest BCUT2D eigenvalue weighted by Gasteiger charge is 2.28. The van der Waals surface area contributed by atoms with Crippen molar-refractivity contribution in [1.29, 1.82) is 0 Å². The molecule has 12 heteroatoms. The number of hydrogen-bond acceptors (Lipinski definition) is 8. The third-order valence-corrected chi connectivity index (χ3v) is 10.4. The van der Waals surface area contributed by atoms with Crippen molar-refractivity contribution in [3.8, 4) is 0 Å². The van der Waals surface area contributed by atoms with E-state index in [0.29, 0.717) is 12.8 Å². The van der Waals surface area contributed by atoms with E-state index in [0.717, 1.165) is 51.4 Å². The number of carboxylic acids is 1. The summed E-state index contributed by atoms with van der Waals surface area (Å²) in [5.41, 5.74) is 0. The number of ether oxygens (including phenoxy) is 1. The van der Waals surface area contributed by atoms with Crippen molar-refractivity contribution in [2.24, 2.45) is 0 Å². The Bertz CT molecular complexity index is 1040. The Balaban J connectivity index is 3.87. The maximum Gasteiger partial charge on any atom is 0.472 e. The van der Waals surface area contributed by atoms with Crippen molar-refractivity contribution >= 4 is 25.7 Å². The fourth-order valence-corrected chi connectivity index (χ4v) is 6.82. The Hall–Kier alpha value is -2.04. The van der Waals surface area contributed by atoms with Gasteiger partial charge in [-0.2, -0.15) is 0 Å². The summed E-state index contributed by atoms with van der Waals surface area (Å²) in [7, 11) is -4.75.